The second-order valence-corrected chi connectivity index (χ2v) is 34.6. The van der Waals surface area contributed by atoms with Gasteiger partial charge in [0.1, 0.15) is 24.6 Å². The Morgan fingerprint density at radius 3 is 1.05 bits per heavy atom. The molecule has 0 atom stereocenters. The Morgan fingerprint density at radius 2 is 0.711 bits per heavy atom. The lowest BCUT2D eigenvalue weighted by molar-refractivity contribution is 0.00876. The Balaban J connectivity index is 0.000000185. The molecule has 2 N–H and O–H groups in total. The molecule has 0 heterocycles. The number of carbonyl (C=O) groups is 1. The molecule has 0 unspecified atom stereocenters. The molecule has 0 aromatic heterocycles. The summed E-state index contributed by atoms with van der Waals surface area (Å²) in [6, 6.07) is 29.0. The minimum Gasteiger partial charge on any atom is -0.460 e. The SMILES string of the molecule is O=C(OCCOCCOCCCl)c1ccccc1.O=S(=O)(CC1CCCCC1)c1ccc2c(c1)C(=NO)c1cc(S(=O)(=O)CC3CCCCC3)ccc1-2.O=S(=O)(CC1CCCCC1)c1ccc2c(c1)C(=NOCCOCCOCCO)c1cc(S(=O)(=O)CC3CCCCC3)ccc1-2. The molecule has 6 aliphatic carbocycles. The van der Waals surface area contributed by atoms with Crippen molar-refractivity contribution >= 4 is 68.3 Å². The summed E-state index contributed by atoms with van der Waals surface area (Å²) in [5, 5.41) is 26.5. The van der Waals surface area contributed by atoms with Crippen LogP contribution in [0.2, 0.25) is 0 Å². The van der Waals surface area contributed by atoms with Crippen LogP contribution in [0.25, 0.3) is 22.3 Å². The largest absolute Gasteiger partial charge is 0.460 e. The van der Waals surface area contributed by atoms with Crippen molar-refractivity contribution in [3.8, 4) is 22.3 Å². The topological polar surface area (TPSA) is 274 Å². The molecule has 4 saturated carbocycles. The van der Waals surface area contributed by atoms with Gasteiger partial charge in [0.15, 0.2) is 39.3 Å². The van der Waals surface area contributed by atoms with E-state index in [1.807, 2.05) is 6.07 Å². The number of sulfone groups is 4. The van der Waals surface area contributed by atoms with E-state index >= 15 is 0 Å². The molecular weight excluding hydrogens is 1340 g/mol. The number of hydrogen-bond acceptors (Lipinski definition) is 19. The van der Waals surface area contributed by atoms with E-state index in [1.54, 1.807) is 97.1 Å². The maximum Gasteiger partial charge on any atom is 0.338 e. The third-order valence-electron chi connectivity index (χ3n) is 19.0. The summed E-state index contributed by atoms with van der Waals surface area (Å²) in [5.41, 5.74) is 6.56. The molecule has 24 heteroatoms. The second-order valence-electron chi connectivity index (χ2n) is 26.1. The highest BCUT2D eigenvalue weighted by atomic mass is 35.5. The number of rotatable bonds is 30. The van der Waals surface area contributed by atoms with E-state index < -0.39 is 39.3 Å². The van der Waals surface area contributed by atoms with E-state index in [-0.39, 0.29) is 111 Å². The number of nitrogens with zero attached hydrogens (tertiary/aromatic N) is 2. The summed E-state index contributed by atoms with van der Waals surface area (Å²) in [6.07, 6.45) is 20.7. The zero-order valence-electron chi connectivity index (χ0n) is 55.5. The van der Waals surface area contributed by atoms with Crippen LogP contribution in [0.4, 0.5) is 0 Å². The summed E-state index contributed by atoms with van der Waals surface area (Å²) >= 11 is 5.43. The van der Waals surface area contributed by atoms with Crippen LogP contribution >= 0.6 is 11.6 Å². The van der Waals surface area contributed by atoms with Crippen LogP contribution in [0, 0.1) is 23.7 Å². The number of ether oxygens (including phenoxy) is 5. The molecule has 0 amide bonds. The maximum atomic E-state index is 13.5. The molecule has 0 spiro atoms. The normalized spacial score (nSPS) is 17.0. The predicted octanol–water partition coefficient (Wildman–Crippen LogP) is 12.9. The van der Waals surface area contributed by atoms with Gasteiger partial charge >= 0.3 is 5.97 Å². The van der Waals surface area contributed by atoms with Crippen LogP contribution in [0.1, 0.15) is 161 Å². The number of fused-ring (bicyclic) bond motifs is 6. The first-order chi connectivity index (χ1) is 46.9. The standard InChI is InChI=1S/C33H45NO8S2.C27H33NO5S2.C13H17ClO4/c35-15-16-40-17-18-41-19-20-42-34-33-31-21-27(43(36,37)23-25-7-3-1-4-8-25)11-13-29(31)30-14-12-28(22-32(30)33)44(38,39)24-26-9-5-2-6-10-26;29-28-27-25-15-21(34(30,31)17-19-7-3-1-4-8-19)11-13-23(25)24-14-12-22(16-26(24)27)35(32,33)18-20-9-5-2-6-10-20;14-6-7-16-8-9-17-10-11-18-13(15)12-4-2-1-3-5-12/h11-14,21-22,25-26,35H,1-10,15-20,23-24H2;11-16,19-20,29H,1-10,17-18H2;1-5H,6-11H2. The summed E-state index contributed by atoms with van der Waals surface area (Å²) in [7, 11) is -14.0. The van der Waals surface area contributed by atoms with Crippen LogP contribution in [-0.2, 0) is 67.9 Å². The lowest BCUT2D eigenvalue weighted by Crippen LogP contribution is -2.19. The van der Waals surface area contributed by atoms with Crippen LogP contribution < -0.4 is 0 Å². The van der Waals surface area contributed by atoms with Crippen molar-refractivity contribution in [3.63, 3.8) is 0 Å². The quantitative estimate of drug-likeness (QED) is 0.0139. The van der Waals surface area contributed by atoms with Gasteiger partial charge < -0.3 is 38.8 Å². The number of benzene rings is 5. The maximum absolute atomic E-state index is 13.5. The number of halogens is 1. The zero-order valence-corrected chi connectivity index (χ0v) is 59.5. The number of oxime groups is 2. The predicted molar refractivity (Wildman–Crippen MR) is 375 cm³/mol. The smallest absolute Gasteiger partial charge is 0.338 e. The minimum atomic E-state index is -3.52. The van der Waals surface area contributed by atoms with Crippen LogP contribution in [0.15, 0.2) is 133 Å². The lowest BCUT2D eigenvalue weighted by atomic mass is 9.91. The first kappa shape index (κ1) is 75.6. The van der Waals surface area contributed by atoms with Crippen LogP contribution in [0.5, 0.6) is 0 Å². The molecule has 530 valence electrons. The van der Waals surface area contributed by atoms with Crippen molar-refractivity contribution in [2.24, 2.45) is 34.0 Å². The van der Waals surface area contributed by atoms with Crippen molar-refractivity contribution in [3.05, 3.63) is 131 Å². The Hall–Kier alpha value is -5.60. The highest BCUT2D eigenvalue weighted by Gasteiger charge is 2.35. The molecule has 11 rings (SSSR count). The van der Waals surface area contributed by atoms with Crippen molar-refractivity contribution in [1.82, 2.24) is 0 Å². The number of alkyl halides is 1. The molecule has 4 fully saturated rings. The van der Waals surface area contributed by atoms with Gasteiger partial charge in [-0.3, -0.25) is 0 Å². The molecule has 5 aromatic rings. The number of hydrogen-bond donors (Lipinski definition) is 2. The molecule has 97 heavy (non-hydrogen) atoms. The molecule has 5 aromatic carbocycles. The zero-order chi connectivity index (χ0) is 68.7. The monoisotopic (exact) mass is 1430 g/mol. The summed E-state index contributed by atoms with van der Waals surface area (Å²) in [5.74, 6) is 1.37. The van der Waals surface area contributed by atoms with Crippen molar-refractivity contribution in [2.45, 2.75) is 148 Å². The summed E-state index contributed by atoms with van der Waals surface area (Å²) in [4.78, 5) is 18.1. The number of carbonyl (C=O) groups excluding carboxylic acids is 1. The lowest BCUT2D eigenvalue weighted by Gasteiger charge is -2.21. The van der Waals surface area contributed by atoms with Gasteiger partial charge in [-0.15, -0.1) is 11.6 Å². The van der Waals surface area contributed by atoms with E-state index in [2.05, 4.69) is 10.3 Å². The van der Waals surface area contributed by atoms with Gasteiger partial charge in [0, 0.05) is 28.1 Å². The van der Waals surface area contributed by atoms with Crippen molar-refractivity contribution < 1.29 is 77.3 Å². The molecule has 6 aliphatic rings. The van der Waals surface area contributed by atoms with Crippen LogP contribution in [-0.4, -0.2) is 163 Å². The van der Waals surface area contributed by atoms with Gasteiger partial charge in [-0.05, 0) is 158 Å². The Labute approximate surface area is 578 Å². The highest BCUT2D eigenvalue weighted by molar-refractivity contribution is 7.92. The number of esters is 1. The number of aliphatic hydroxyl groups excluding tert-OH is 1. The van der Waals surface area contributed by atoms with Gasteiger partial charge in [-0.1, -0.05) is 130 Å². The van der Waals surface area contributed by atoms with Crippen molar-refractivity contribution in [2.75, 3.05) is 102 Å². The number of aliphatic hydroxyl groups is 1. The molecule has 0 saturated heterocycles. The van der Waals surface area contributed by atoms with E-state index in [9.17, 15) is 43.7 Å². The fourth-order valence-corrected chi connectivity index (χ4v) is 20.9. The van der Waals surface area contributed by atoms with Crippen LogP contribution in [0.3, 0.4) is 0 Å². The first-order valence-electron chi connectivity index (χ1n) is 34.5. The minimum absolute atomic E-state index is 0.0449. The molecule has 19 nitrogen and oxygen atoms in total. The Bertz CT molecular complexity index is 3720. The molecule has 0 radical (unpaired) electrons. The van der Waals surface area contributed by atoms with E-state index in [1.165, 1.54) is 12.8 Å². The molecule has 0 bridgehead atoms. The van der Waals surface area contributed by atoms with Gasteiger partial charge in [0.2, 0.25) is 0 Å². The highest BCUT2D eigenvalue weighted by Crippen LogP contribution is 2.43. The van der Waals surface area contributed by atoms with Gasteiger partial charge in [-0.25, -0.2) is 38.5 Å². The average molecular weight is 1440 g/mol. The fraction of sp³-hybridized carbons (Fsp3) is 0.548. The van der Waals surface area contributed by atoms with E-state index in [0.717, 1.165) is 138 Å². The van der Waals surface area contributed by atoms with Crippen molar-refractivity contribution in [1.29, 1.82) is 0 Å². The fourth-order valence-electron chi connectivity index (χ4n) is 13.9. The van der Waals surface area contributed by atoms with Gasteiger partial charge in [0.25, 0.3) is 0 Å². The molecular formula is C73H95ClN2O17S4. The third-order valence-corrected chi connectivity index (χ3v) is 26.7. The third kappa shape index (κ3) is 21.5. The first-order valence-corrected chi connectivity index (χ1v) is 41.7. The van der Waals surface area contributed by atoms with E-state index in [4.69, 9.17) is 45.2 Å². The van der Waals surface area contributed by atoms with E-state index in [0.29, 0.717) is 79.1 Å². The summed E-state index contributed by atoms with van der Waals surface area (Å²) < 4.78 is 133. The molecule has 0 aliphatic heterocycles. The second kappa shape index (κ2) is 37.2. The Kier molecular flexibility index (Phi) is 29.0. The average Bonchev–Trinajstić information content (AvgIpc) is 1.60. The Morgan fingerprint density at radius 1 is 0.392 bits per heavy atom. The van der Waals surface area contributed by atoms with Gasteiger partial charge in [-0.2, -0.15) is 0 Å². The summed E-state index contributed by atoms with van der Waals surface area (Å²) in [6.45, 7) is 3.40. The van der Waals surface area contributed by atoms with Gasteiger partial charge in [0.05, 0.1) is 108 Å².